The molecule has 0 radical (unpaired) electrons. The number of nitrogens with zero attached hydrogens (tertiary/aromatic N) is 1. The second kappa shape index (κ2) is 7.84. The zero-order chi connectivity index (χ0) is 20.9. The number of carbonyl (C=O) groups excluding carboxylic acids is 1. The Kier molecular flexibility index (Phi) is 5.31. The number of carbonyl (C=O) groups is 1. The van der Waals surface area contributed by atoms with Gasteiger partial charge in [0.2, 0.25) is 0 Å². The molecule has 0 bridgehead atoms. The predicted molar refractivity (Wildman–Crippen MR) is 121 cm³/mol. The minimum atomic E-state index is -0.0216. The van der Waals surface area contributed by atoms with Crippen molar-refractivity contribution >= 4 is 23.1 Å². The maximum atomic E-state index is 12.8. The third-order valence-electron chi connectivity index (χ3n) is 8.04. The molecule has 0 aromatic heterocycles. The van der Waals surface area contributed by atoms with Gasteiger partial charge in [-0.25, -0.2) is 0 Å². The minimum Gasteiger partial charge on any atom is -0.461 e. The fourth-order valence-corrected chi connectivity index (χ4v) is 6.47. The van der Waals surface area contributed by atoms with E-state index in [9.17, 15) is 4.79 Å². The normalized spacial score (nSPS) is 36.4. The van der Waals surface area contributed by atoms with Crippen LogP contribution in [0.3, 0.4) is 0 Å². The average molecular weight is 426 g/mol. The summed E-state index contributed by atoms with van der Waals surface area (Å²) in [5.74, 6) is 0.888. The SMILES string of the molecule is C[C@H]1CCC[C@]2(C)C[C@H]3OC(=O)C(CN4CC=C(c5ccc(Cl)cc5)CC4)[C@H]3C=C12. The molecule has 160 valence electrons. The third-order valence-corrected chi connectivity index (χ3v) is 8.30. The van der Waals surface area contributed by atoms with Crippen molar-refractivity contribution in [2.75, 3.05) is 19.6 Å². The van der Waals surface area contributed by atoms with Gasteiger partial charge in [-0.2, -0.15) is 0 Å². The van der Waals surface area contributed by atoms with Crippen molar-refractivity contribution in [1.29, 1.82) is 0 Å². The molecular weight excluding hydrogens is 394 g/mol. The largest absolute Gasteiger partial charge is 0.461 e. The molecule has 4 heteroatoms. The van der Waals surface area contributed by atoms with Crippen molar-refractivity contribution in [3.05, 3.63) is 52.6 Å². The van der Waals surface area contributed by atoms with Gasteiger partial charge in [-0.15, -0.1) is 0 Å². The molecule has 2 aliphatic carbocycles. The van der Waals surface area contributed by atoms with Crippen LogP contribution in [0.15, 0.2) is 42.0 Å². The molecule has 30 heavy (non-hydrogen) atoms. The zero-order valence-electron chi connectivity index (χ0n) is 18.1. The smallest absolute Gasteiger partial charge is 0.311 e. The van der Waals surface area contributed by atoms with Gasteiger partial charge in [-0.05, 0) is 60.3 Å². The van der Waals surface area contributed by atoms with Crippen molar-refractivity contribution in [3.8, 4) is 0 Å². The molecule has 0 spiro atoms. The van der Waals surface area contributed by atoms with Crippen molar-refractivity contribution in [2.45, 2.75) is 52.1 Å². The number of rotatable bonds is 3. The number of halogens is 1. The first-order valence-corrected chi connectivity index (χ1v) is 11.9. The van der Waals surface area contributed by atoms with E-state index in [4.69, 9.17) is 16.3 Å². The Hall–Kier alpha value is -1.58. The van der Waals surface area contributed by atoms with Crippen LogP contribution >= 0.6 is 11.6 Å². The van der Waals surface area contributed by atoms with Crippen LogP contribution in [0.4, 0.5) is 0 Å². The molecule has 3 nitrogen and oxygen atoms in total. The Morgan fingerprint density at radius 2 is 2.07 bits per heavy atom. The molecule has 0 N–H and O–H groups in total. The number of benzene rings is 1. The van der Waals surface area contributed by atoms with E-state index in [-0.39, 0.29) is 29.3 Å². The molecule has 1 aromatic carbocycles. The monoisotopic (exact) mass is 425 g/mol. The van der Waals surface area contributed by atoms with Crippen LogP contribution in [0.1, 0.15) is 51.5 Å². The van der Waals surface area contributed by atoms with Crippen molar-refractivity contribution in [1.82, 2.24) is 4.90 Å². The van der Waals surface area contributed by atoms with Crippen LogP contribution in [-0.2, 0) is 9.53 Å². The number of hydrogen-bond donors (Lipinski definition) is 0. The van der Waals surface area contributed by atoms with Crippen LogP contribution in [0, 0.1) is 23.2 Å². The van der Waals surface area contributed by atoms with E-state index in [1.165, 1.54) is 30.4 Å². The number of esters is 1. The van der Waals surface area contributed by atoms with Gasteiger partial charge in [0.05, 0.1) is 5.92 Å². The first-order chi connectivity index (χ1) is 14.4. The van der Waals surface area contributed by atoms with Crippen molar-refractivity contribution in [3.63, 3.8) is 0 Å². The van der Waals surface area contributed by atoms with Gasteiger partial charge in [-0.3, -0.25) is 9.69 Å². The highest BCUT2D eigenvalue weighted by atomic mass is 35.5. The molecular formula is C26H32ClNO2. The highest BCUT2D eigenvalue weighted by Crippen LogP contribution is 2.54. The fourth-order valence-electron chi connectivity index (χ4n) is 6.34. The minimum absolute atomic E-state index is 0.0178. The van der Waals surface area contributed by atoms with E-state index in [2.05, 4.69) is 43.0 Å². The molecule has 2 fully saturated rings. The van der Waals surface area contributed by atoms with Gasteiger partial charge in [-0.1, -0.05) is 61.7 Å². The Balaban J connectivity index is 1.30. The van der Waals surface area contributed by atoms with Crippen molar-refractivity contribution in [2.24, 2.45) is 23.2 Å². The summed E-state index contributed by atoms with van der Waals surface area (Å²) in [5.41, 5.74) is 4.46. The second-order valence-electron chi connectivity index (χ2n) is 10.1. The summed E-state index contributed by atoms with van der Waals surface area (Å²) in [4.78, 5) is 15.2. The highest BCUT2D eigenvalue weighted by Gasteiger charge is 2.51. The van der Waals surface area contributed by atoms with Crippen LogP contribution in [-0.4, -0.2) is 36.6 Å². The van der Waals surface area contributed by atoms with Crippen LogP contribution in [0.25, 0.3) is 5.57 Å². The summed E-state index contributed by atoms with van der Waals surface area (Å²) in [7, 11) is 0. The summed E-state index contributed by atoms with van der Waals surface area (Å²) in [5, 5.41) is 0.774. The van der Waals surface area contributed by atoms with Gasteiger partial charge in [0.1, 0.15) is 6.10 Å². The first-order valence-electron chi connectivity index (χ1n) is 11.5. The quantitative estimate of drug-likeness (QED) is 0.456. The molecule has 5 atom stereocenters. The highest BCUT2D eigenvalue weighted by molar-refractivity contribution is 6.30. The molecule has 1 unspecified atom stereocenters. The lowest BCUT2D eigenvalue weighted by Crippen LogP contribution is -2.41. The third kappa shape index (κ3) is 3.65. The van der Waals surface area contributed by atoms with Crippen LogP contribution in [0.5, 0.6) is 0 Å². The first kappa shape index (κ1) is 20.3. The van der Waals surface area contributed by atoms with Gasteiger partial charge < -0.3 is 4.74 Å². The van der Waals surface area contributed by atoms with E-state index < -0.39 is 0 Å². The summed E-state index contributed by atoms with van der Waals surface area (Å²) >= 11 is 6.02. The Bertz CT molecular complexity index is 889. The molecule has 2 heterocycles. The summed E-state index contributed by atoms with van der Waals surface area (Å²) in [6.45, 7) is 7.44. The Morgan fingerprint density at radius 3 is 2.80 bits per heavy atom. The van der Waals surface area contributed by atoms with Crippen LogP contribution in [0.2, 0.25) is 5.02 Å². The Labute approximate surface area is 185 Å². The molecule has 0 amide bonds. The lowest BCUT2D eigenvalue weighted by Gasteiger charge is -2.46. The number of ether oxygens (including phenoxy) is 1. The standard InChI is InChI=1S/C26H32ClNO2/c1-17-4-3-11-26(2)15-24-21(14-23(17)26)22(25(29)30-24)16-28-12-9-19(10-13-28)18-5-7-20(27)8-6-18/h5-9,14,17,21-22,24H,3-4,10-13,15-16H2,1-2H3/t17-,21+,22?,24+,26+/m0/s1. The van der Waals surface area contributed by atoms with Crippen molar-refractivity contribution < 1.29 is 9.53 Å². The fraction of sp³-hybridized carbons (Fsp3) is 0.577. The van der Waals surface area contributed by atoms with E-state index >= 15 is 0 Å². The van der Waals surface area contributed by atoms with E-state index in [0.29, 0.717) is 5.92 Å². The maximum Gasteiger partial charge on any atom is 0.311 e. The van der Waals surface area contributed by atoms with Gasteiger partial charge in [0, 0.05) is 30.6 Å². The zero-order valence-corrected chi connectivity index (χ0v) is 18.8. The summed E-state index contributed by atoms with van der Waals surface area (Å²) in [6.07, 6.45) is 10.7. The van der Waals surface area contributed by atoms with Gasteiger partial charge in [0.15, 0.2) is 0 Å². The maximum absolute atomic E-state index is 12.8. The molecule has 2 aliphatic heterocycles. The second-order valence-corrected chi connectivity index (χ2v) is 10.5. The molecule has 1 aromatic rings. The lowest BCUT2D eigenvalue weighted by molar-refractivity contribution is -0.145. The summed E-state index contributed by atoms with van der Waals surface area (Å²) < 4.78 is 5.93. The molecule has 5 rings (SSSR count). The van der Waals surface area contributed by atoms with Gasteiger partial charge in [0.25, 0.3) is 0 Å². The van der Waals surface area contributed by atoms with E-state index in [1.54, 1.807) is 5.57 Å². The summed E-state index contributed by atoms with van der Waals surface area (Å²) in [6, 6.07) is 8.10. The molecule has 1 saturated carbocycles. The molecule has 1 saturated heterocycles. The lowest BCUT2D eigenvalue weighted by atomic mass is 9.59. The number of hydrogen-bond acceptors (Lipinski definition) is 3. The van der Waals surface area contributed by atoms with E-state index in [0.717, 1.165) is 37.5 Å². The van der Waals surface area contributed by atoms with E-state index in [1.807, 2.05) is 12.1 Å². The number of allylic oxidation sites excluding steroid dienone is 1. The predicted octanol–water partition coefficient (Wildman–Crippen LogP) is 5.74. The molecule has 4 aliphatic rings. The number of fused-ring (bicyclic) bond motifs is 2. The van der Waals surface area contributed by atoms with Gasteiger partial charge >= 0.3 is 5.97 Å². The average Bonchev–Trinajstić information content (AvgIpc) is 3.01. The topological polar surface area (TPSA) is 29.5 Å². The van der Waals surface area contributed by atoms with Crippen LogP contribution < -0.4 is 0 Å². The Morgan fingerprint density at radius 1 is 1.27 bits per heavy atom.